The molecule has 33 heavy (non-hydrogen) atoms. The number of anilines is 1. The topological polar surface area (TPSA) is 116 Å². The fraction of sp³-hybridized carbons (Fsp3) is 0.0800. The molecule has 5 aromatic rings. The molecule has 160 valence electrons. The lowest BCUT2D eigenvalue weighted by atomic mass is 10.0. The minimum absolute atomic E-state index is 0.211. The first kappa shape index (κ1) is 20.2. The van der Waals surface area contributed by atoms with E-state index in [-0.39, 0.29) is 11.0 Å². The number of nitrogens with zero attached hydrogens (tertiary/aromatic N) is 4. The number of H-pyrrole nitrogens is 1. The molecule has 5 rings (SSSR count). The van der Waals surface area contributed by atoms with Crippen LogP contribution in [0.5, 0.6) is 0 Å². The predicted octanol–water partition coefficient (Wildman–Crippen LogP) is 3.67. The highest BCUT2D eigenvalue weighted by molar-refractivity contribution is 5.88. The van der Waals surface area contributed by atoms with Gasteiger partial charge in [0, 0.05) is 23.6 Å². The number of aromatic amines is 1. The van der Waals surface area contributed by atoms with E-state index < -0.39 is 6.04 Å². The molecule has 8 heteroatoms. The molecule has 0 radical (unpaired) electrons. The first-order chi connectivity index (χ1) is 16.1. The van der Waals surface area contributed by atoms with Gasteiger partial charge in [-0.1, -0.05) is 30.3 Å². The monoisotopic (exact) mass is 434 g/mol. The van der Waals surface area contributed by atoms with Crippen molar-refractivity contribution in [3.8, 4) is 11.8 Å². The number of pyridine rings is 2. The molecule has 0 bridgehead atoms. The molecule has 8 nitrogen and oxygen atoms in total. The molecule has 0 amide bonds. The van der Waals surface area contributed by atoms with E-state index in [2.05, 4.69) is 26.3 Å². The summed E-state index contributed by atoms with van der Waals surface area (Å²) in [5, 5.41) is 14.2. The van der Waals surface area contributed by atoms with Gasteiger partial charge in [0.1, 0.15) is 23.2 Å². The summed E-state index contributed by atoms with van der Waals surface area (Å²) in [7, 11) is 0. The first-order valence-electron chi connectivity index (χ1n) is 10.3. The Morgan fingerprint density at radius 2 is 1.85 bits per heavy atom. The molecule has 0 saturated heterocycles. The van der Waals surface area contributed by atoms with E-state index >= 15 is 0 Å². The molecule has 0 aliphatic carbocycles. The van der Waals surface area contributed by atoms with E-state index in [0.29, 0.717) is 44.6 Å². The normalized spacial score (nSPS) is 11.9. The third-order valence-electron chi connectivity index (χ3n) is 5.56. The minimum Gasteiger partial charge on any atom is -0.361 e. The molecule has 2 N–H and O–H groups in total. The smallest absolute Gasteiger partial charge is 0.264 e. The van der Waals surface area contributed by atoms with Crippen molar-refractivity contribution >= 4 is 27.6 Å². The van der Waals surface area contributed by atoms with Crippen LogP contribution in [0.4, 0.5) is 5.82 Å². The fourth-order valence-electron chi connectivity index (χ4n) is 4.03. The first-order valence-corrected chi connectivity index (χ1v) is 10.3. The Hall–Kier alpha value is -4.77. The van der Waals surface area contributed by atoms with Crippen LogP contribution < -0.4 is 16.3 Å². The van der Waals surface area contributed by atoms with Gasteiger partial charge in [-0.05, 0) is 36.6 Å². The maximum Gasteiger partial charge on any atom is 0.264 e. The molecule has 3 aromatic heterocycles. The van der Waals surface area contributed by atoms with Gasteiger partial charge in [0.15, 0.2) is 5.43 Å². The third kappa shape index (κ3) is 3.42. The molecule has 1 unspecified atom stereocenters. The van der Waals surface area contributed by atoms with E-state index in [0.717, 1.165) is 0 Å². The maximum atomic E-state index is 13.7. The highest BCUT2D eigenvalue weighted by Crippen LogP contribution is 2.26. The Kier molecular flexibility index (Phi) is 4.92. The lowest BCUT2D eigenvalue weighted by molar-refractivity contribution is 0.774. The van der Waals surface area contributed by atoms with Crippen molar-refractivity contribution in [1.82, 2.24) is 19.5 Å². The number of rotatable bonds is 4. The molecule has 0 fully saturated rings. The average molecular weight is 434 g/mol. The number of benzene rings is 2. The molecular weight excluding hydrogens is 416 g/mol. The van der Waals surface area contributed by atoms with Gasteiger partial charge in [0.25, 0.3) is 5.56 Å². The Morgan fingerprint density at radius 1 is 1.03 bits per heavy atom. The van der Waals surface area contributed by atoms with Crippen LogP contribution in [0.15, 0.2) is 82.8 Å². The Labute approximate surface area is 187 Å². The standard InChI is InChI=1S/C25H18N6O2/c1-15(30-24-22-20(32)10-11-27-23(22)28-14-29-24)19-12-16-6-5-7-17(13-26)21(16)25(33)31(19)18-8-3-2-4-9-18/h2-12,14-15H,1H3,(H2,27,28,29,30,32). The summed E-state index contributed by atoms with van der Waals surface area (Å²) >= 11 is 0. The lowest BCUT2D eigenvalue weighted by Crippen LogP contribution is -2.26. The van der Waals surface area contributed by atoms with Crippen LogP contribution in [0.2, 0.25) is 0 Å². The Balaban J connectivity index is 1.74. The number of fused-ring (bicyclic) bond motifs is 2. The summed E-state index contributed by atoms with van der Waals surface area (Å²) in [4.78, 5) is 37.5. The predicted molar refractivity (Wildman–Crippen MR) is 126 cm³/mol. The van der Waals surface area contributed by atoms with E-state index in [1.54, 1.807) is 16.7 Å². The molecular formula is C25H18N6O2. The van der Waals surface area contributed by atoms with Crippen molar-refractivity contribution in [3.05, 3.63) is 105 Å². The number of hydrogen-bond acceptors (Lipinski definition) is 6. The SMILES string of the molecule is CC(Nc1ncnc2[nH]ccc(=O)c12)c1cc2cccc(C#N)c2c(=O)n1-c1ccccc1. The van der Waals surface area contributed by atoms with Crippen molar-refractivity contribution in [2.45, 2.75) is 13.0 Å². The van der Waals surface area contributed by atoms with Gasteiger partial charge in [-0.15, -0.1) is 0 Å². The summed E-state index contributed by atoms with van der Waals surface area (Å²) in [5.41, 5.74) is 1.58. The van der Waals surface area contributed by atoms with Crippen LogP contribution >= 0.6 is 0 Å². The molecule has 2 aromatic carbocycles. The van der Waals surface area contributed by atoms with Crippen molar-refractivity contribution in [2.24, 2.45) is 0 Å². The van der Waals surface area contributed by atoms with Gasteiger partial charge in [-0.25, -0.2) is 9.97 Å². The fourth-order valence-corrected chi connectivity index (χ4v) is 4.03. The van der Waals surface area contributed by atoms with Gasteiger partial charge in [-0.3, -0.25) is 14.2 Å². The summed E-state index contributed by atoms with van der Waals surface area (Å²) in [6, 6.07) is 19.5. The maximum absolute atomic E-state index is 13.7. The zero-order chi connectivity index (χ0) is 22.9. The van der Waals surface area contributed by atoms with Crippen LogP contribution in [-0.2, 0) is 0 Å². The van der Waals surface area contributed by atoms with Crippen LogP contribution in [0, 0.1) is 11.3 Å². The number of para-hydroxylation sites is 1. The summed E-state index contributed by atoms with van der Waals surface area (Å²) in [5.74, 6) is 0.368. The number of nitriles is 1. The van der Waals surface area contributed by atoms with Crippen LogP contribution in [0.1, 0.15) is 24.2 Å². The molecule has 0 saturated carbocycles. The van der Waals surface area contributed by atoms with Crippen LogP contribution in [0.3, 0.4) is 0 Å². The third-order valence-corrected chi connectivity index (χ3v) is 5.56. The second kappa shape index (κ2) is 8.05. The molecule has 0 aliphatic heterocycles. The van der Waals surface area contributed by atoms with Crippen molar-refractivity contribution < 1.29 is 0 Å². The Bertz CT molecular complexity index is 1660. The molecule has 0 aliphatic rings. The van der Waals surface area contributed by atoms with Gasteiger partial charge < -0.3 is 10.3 Å². The quantitative estimate of drug-likeness (QED) is 0.446. The van der Waals surface area contributed by atoms with Crippen molar-refractivity contribution in [1.29, 1.82) is 5.26 Å². The number of hydrogen-bond donors (Lipinski definition) is 2. The van der Waals surface area contributed by atoms with E-state index in [1.165, 1.54) is 18.6 Å². The summed E-state index contributed by atoms with van der Waals surface area (Å²) < 4.78 is 1.59. The zero-order valence-corrected chi connectivity index (χ0v) is 17.6. The van der Waals surface area contributed by atoms with Crippen LogP contribution in [-0.4, -0.2) is 19.5 Å². The molecule has 3 heterocycles. The molecule has 0 spiro atoms. The zero-order valence-electron chi connectivity index (χ0n) is 17.6. The molecule has 1 atom stereocenters. The van der Waals surface area contributed by atoms with E-state index in [9.17, 15) is 14.9 Å². The highest BCUT2D eigenvalue weighted by atomic mass is 16.1. The van der Waals surface area contributed by atoms with E-state index in [4.69, 9.17) is 0 Å². The van der Waals surface area contributed by atoms with Gasteiger partial charge in [-0.2, -0.15) is 5.26 Å². The second-order valence-electron chi connectivity index (χ2n) is 7.58. The van der Waals surface area contributed by atoms with Gasteiger partial charge in [0.2, 0.25) is 0 Å². The van der Waals surface area contributed by atoms with Crippen molar-refractivity contribution in [2.75, 3.05) is 5.32 Å². The highest BCUT2D eigenvalue weighted by Gasteiger charge is 2.19. The summed E-state index contributed by atoms with van der Waals surface area (Å²) in [6.07, 6.45) is 2.91. The van der Waals surface area contributed by atoms with Crippen molar-refractivity contribution in [3.63, 3.8) is 0 Å². The minimum atomic E-state index is -0.411. The van der Waals surface area contributed by atoms with Gasteiger partial charge in [0.05, 0.1) is 23.1 Å². The number of nitrogens with one attached hydrogen (secondary N) is 2. The van der Waals surface area contributed by atoms with Gasteiger partial charge >= 0.3 is 0 Å². The lowest BCUT2D eigenvalue weighted by Gasteiger charge is -2.22. The van der Waals surface area contributed by atoms with Crippen LogP contribution in [0.25, 0.3) is 27.5 Å². The van der Waals surface area contributed by atoms with E-state index in [1.807, 2.05) is 49.4 Å². The number of aromatic nitrogens is 4. The Morgan fingerprint density at radius 3 is 2.64 bits per heavy atom. The second-order valence-corrected chi connectivity index (χ2v) is 7.58. The average Bonchev–Trinajstić information content (AvgIpc) is 2.84. The summed E-state index contributed by atoms with van der Waals surface area (Å²) in [6.45, 7) is 1.89. The largest absolute Gasteiger partial charge is 0.361 e.